The average molecular weight is 411 g/mol. The Balaban J connectivity index is 0.000000376. The molecule has 1 fully saturated rings. The van der Waals surface area contributed by atoms with Crippen LogP contribution in [-0.4, -0.2) is 60.3 Å². The summed E-state index contributed by atoms with van der Waals surface area (Å²) in [5, 5.41) is 1.53. The van der Waals surface area contributed by atoms with E-state index in [4.69, 9.17) is 4.55 Å². The summed E-state index contributed by atoms with van der Waals surface area (Å²) in [6.07, 6.45) is 9.08. The molecular weight excluding hydrogens is 380 g/mol. The minimum atomic E-state index is -3.67. The molecule has 2 aromatic rings. The van der Waals surface area contributed by atoms with Gasteiger partial charge in [0.15, 0.2) is 0 Å². The van der Waals surface area contributed by atoms with Gasteiger partial charge in [-0.05, 0) is 60.9 Å². The minimum Gasteiger partial charge on any atom is -0.361 e. The predicted octanol–water partition coefficient (Wildman–Crippen LogP) is 3.78. The van der Waals surface area contributed by atoms with E-state index >= 15 is 0 Å². The van der Waals surface area contributed by atoms with Gasteiger partial charge in [0.05, 0.1) is 6.26 Å². The molecule has 5 nitrogen and oxygen atoms in total. The van der Waals surface area contributed by atoms with Crippen LogP contribution >= 0.6 is 11.8 Å². The van der Waals surface area contributed by atoms with Crippen molar-refractivity contribution in [2.75, 3.05) is 31.4 Å². The molecule has 0 spiro atoms. The standard InChI is InChI=1S/C19H26N2S.CH4O3S/c1-3-7-21-11-13(12-22-2)8-16-15-5-4-6-17-19(15)14(10-20-17)9-18(16)21;1-5(2,3)4/h4-6,10,13,16,18,20H,3,7-9,11-12H2,1-2H3;1H3,(H,2,3,4)/t13-,16+,18+;/m1./s1. The Morgan fingerprint density at radius 3 is 2.78 bits per heavy atom. The van der Waals surface area contributed by atoms with E-state index in [9.17, 15) is 8.42 Å². The summed E-state index contributed by atoms with van der Waals surface area (Å²) in [6, 6.07) is 7.58. The van der Waals surface area contributed by atoms with Crippen molar-refractivity contribution in [1.29, 1.82) is 0 Å². The van der Waals surface area contributed by atoms with E-state index in [2.05, 4.69) is 47.5 Å². The highest BCUT2D eigenvalue weighted by atomic mass is 32.2. The molecule has 7 heteroatoms. The number of rotatable bonds is 4. The van der Waals surface area contributed by atoms with Crippen LogP contribution in [0.1, 0.15) is 36.8 Å². The van der Waals surface area contributed by atoms with E-state index < -0.39 is 10.1 Å². The van der Waals surface area contributed by atoms with Crippen molar-refractivity contribution in [3.8, 4) is 0 Å². The first kappa shape index (κ1) is 20.7. The molecule has 3 atom stereocenters. The van der Waals surface area contributed by atoms with Gasteiger partial charge in [0, 0.05) is 35.6 Å². The zero-order valence-corrected chi connectivity index (χ0v) is 17.9. The molecule has 1 aromatic heterocycles. The fourth-order valence-electron chi connectivity index (χ4n) is 4.80. The van der Waals surface area contributed by atoms with Crippen LogP contribution in [0.2, 0.25) is 0 Å². The number of fused-ring (bicyclic) bond motifs is 2. The van der Waals surface area contributed by atoms with Crippen molar-refractivity contribution in [1.82, 2.24) is 9.88 Å². The zero-order valence-electron chi connectivity index (χ0n) is 16.3. The second-order valence-electron chi connectivity index (χ2n) is 7.75. The first-order valence-corrected chi connectivity index (χ1v) is 12.8. The quantitative estimate of drug-likeness (QED) is 0.751. The molecular formula is C20H30N2O3S2. The molecule has 0 radical (unpaired) electrons. The molecule has 27 heavy (non-hydrogen) atoms. The maximum atomic E-state index is 9.19. The number of hydrogen-bond acceptors (Lipinski definition) is 4. The number of aromatic amines is 1. The molecule has 1 saturated heterocycles. The number of H-pyrrole nitrogens is 1. The average Bonchev–Trinajstić information content (AvgIpc) is 3.00. The molecule has 2 N–H and O–H groups in total. The predicted molar refractivity (Wildman–Crippen MR) is 114 cm³/mol. The lowest BCUT2D eigenvalue weighted by atomic mass is 9.72. The highest BCUT2D eigenvalue weighted by Crippen LogP contribution is 2.45. The van der Waals surface area contributed by atoms with E-state index in [0.29, 0.717) is 12.3 Å². The third-order valence-electron chi connectivity index (χ3n) is 5.57. The lowest BCUT2D eigenvalue weighted by Gasteiger charge is -2.47. The Bertz CT molecular complexity index is 870. The summed E-state index contributed by atoms with van der Waals surface area (Å²) in [5.41, 5.74) is 4.48. The number of benzene rings is 1. The maximum Gasteiger partial charge on any atom is 0.261 e. The van der Waals surface area contributed by atoms with Gasteiger partial charge in [-0.3, -0.25) is 9.45 Å². The van der Waals surface area contributed by atoms with Crippen LogP contribution < -0.4 is 0 Å². The van der Waals surface area contributed by atoms with Crippen LogP contribution in [-0.2, 0) is 16.5 Å². The van der Waals surface area contributed by atoms with Crippen LogP contribution in [0.15, 0.2) is 24.4 Å². The molecule has 0 saturated carbocycles. The van der Waals surface area contributed by atoms with E-state index in [0.717, 1.165) is 11.8 Å². The van der Waals surface area contributed by atoms with Crippen molar-refractivity contribution in [3.63, 3.8) is 0 Å². The Morgan fingerprint density at radius 1 is 1.37 bits per heavy atom. The van der Waals surface area contributed by atoms with Gasteiger partial charge in [0.1, 0.15) is 0 Å². The molecule has 1 aliphatic heterocycles. The molecule has 1 aromatic carbocycles. The summed E-state index contributed by atoms with van der Waals surface area (Å²) in [5.74, 6) is 2.88. The Labute approximate surface area is 166 Å². The smallest absolute Gasteiger partial charge is 0.261 e. The summed E-state index contributed by atoms with van der Waals surface area (Å²) < 4.78 is 25.9. The molecule has 0 bridgehead atoms. The van der Waals surface area contributed by atoms with Gasteiger partial charge in [-0.15, -0.1) is 0 Å². The molecule has 4 rings (SSSR count). The van der Waals surface area contributed by atoms with E-state index in [1.807, 2.05) is 11.8 Å². The van der Waals surface area contributed by atoms with E-state index in [1.54, 1.807) is 5.56 Å². The van der Waals surface area contributed by atoms with Crippen LogP contribution in [0, 0.1) is 5.92 Å². The van der Waals surface area contributed by atoms with Crippen LogP contribution in [0.5, 0.6) is 0 Å². The molecule has 2 aliphatic rings. The van der Waals surface area contributed by atoms with Gasteiger partial charge in [-0.1, -0.05) is 19.1 Å². The SMILES string of the molecule is CCCN1C[C@H](CSC)C[C@H]2c3cccc4[nH]cc(c34)C[C@@H]21.CS(=O)(=O)O. The lowest BCUT2D eigenvalue weighted by molar-refractivity contribution is 0.0926. The number of nitrogens with zero attached hydrogens (tertiary/aromatic N) is 1. The van der Waals surface area contributed by atoms with Crippen molar-refractivity contribution < 1.29 is 13.0 Å². The van der Waals surface area contributed by atoms with Crippen molar-refractivity contribution >= 4 is 32.8 Å². The third kappa shape index (κ3) is 4.88. The number of aromatic nitrogens is 1. The van der Waals surface area contributed by atoms with Gasteiger partial charge >= 0.3 is 0 Å². The van der Waals surface area contributed by atoms with Gasteiger partial charge < -0.3 is 4.98 Å². The monoisotopic (exact) mass is 410 g/mol. The third-order valence-corrected chi connectivity index (χ3v) is 6.38. The number of nitrogens with one attached hydrogen (secondary N) is 1. The second kappa shape index (κ2) is 8.55. The van der Waals surface area contributed by atoms with Crippen molar-refractivity contribution in [2.45, 2.75) is 38.1 Å². The molecule has 0 amide bonds. The largest absolute Gasteiger partial charge is 0.361 e. The Morgan fingerprint density at radius 2 is 2.11 bits per heavy atom. The van der Waals surface area contributed by atoms with Gasteiger partial charge in [0.2, 0.25) is 0 Å². The summed E-state index contributed by atoms with van der Waals surface area (Å²) >= 11 is 2.01. The molecule has 0 unspecified atom stereocenters. The second-order valence-corrected chi connectivity index (χ2v) is 10.1. The first-order valence-electron chi connectivity index (χ1n) is 9.56. The molecule has 150 valence electrons. The Kier molecular flexibility index (Phi) is 6.56. The van der Waals surface area contributed by atoms with E-state index in [-0.39, 0.29) is 0 Å². The normalized spacial score (nSPS) is 25.0. The summed E-state index contributed by atoms with van der Waals surface area (Å²) in [6.45, 7) is 4.87. The fraction of sp³-hybridized carbons (Fsp3) is 0.600. The molecule has 1 aliphatic carbocycles. The zero-order chi connectivity index (χ0) is 19.6. The Hall–Kier alpha value is -1.02. The van der Waals surface area contributed by atoms with Crippen molar-refractivity contribution in [3.05, 3.63) is 35.5 Å². The number of thioether (sulfide) groups is 1. The van der Waals surface area contributed by atoms with Gasteiger partial charge in [-0.25, -0.2) is 0 Å². The summed E-state index contributed by atoms with van der Waals surface area (Å²) in [7, 11) is -3.67. The number of piperidine rings is 1. The van der Waals surface area contributed by atoms with Gasteiger partial charge in [0.25, 0.3) is 10.1 Å². The highest BCUT2D eigenvalue weighted by molar-refractivity contribution is 7.98. The number of likely N-dealkylation sites (tertiary alicyclic amines) is 1. The number of hydrogen-bond donors (Lipinski definition) is 2. The first-order chi connectivity index (χ1) is 12.8. The maximum absolute atomic E-state index is 9.19. The van der Waals surface area contributed by atoms with E-state index in [1.165, 1.54) is 54.6 Å². The molecule has 2 heterocycles. The lowest BCUT2D eigenvalue weighted by Crippen LogP contribution is -2.50. The van der Waals surface area contributed by atoms with Crippen molar-refractivity contribution in [2.24, 2.45) is 5.92 Å². The van der Waals surface area contributed by atoms with Crippen LogP contribution in [0.25, 0.3) is 10.9 Å². The minimum absolute atomic E-state index is 0.715. The fourth-order valence-corrected chi connectivity index (χ4v) is 5.51. The van der Waals surface area contributed by atoms with Gasteiger partial charge in [-0.2, -0.15) is 20.2 Å². The summed E-state index contributed by atoms with van der Waals surface area (Å²) in [4.78, 5) is 6.29. The van der Waals surface area contributed by atoms with Crippen LogP contribution in [0.3, 0.4) is 0 Å². The highest BCUT2D eigenvalue weighted by Gasteiger charge is 2.40. The topological polar surface area (TPSA) is 73.4 Å². The van der Waals surface area contributed by atoms with Crippen LogP contribution in [0.4, 0.5) is 0 Å².